The number of para-hydroxylation sites is 1. The summed E-state index contributed by atoms with van der Waals surface area (Å²) in [6, 6.07) is 8.47. The molecule has 0 aliphatic carbocycles. The van der Waals surface area contributed by atoms with E-state index in [4.69, 9.17) is 14.5 Å². The molecule has 2 heterocycles. The zero-order valence-electron chi connectivity index (χ0n) is 18.1. The van der Waals surface area contributed by atoms with Crippen LogP contribution in [0.25, 0.3) is 0 Å². The highest BCUT2D eigenvalue weighted by atomic mass is 127. The van der Waals surface area contributed by atoms with Gasteiger partial charge in [0, 0.05) is 38.4 Å². The molecule has 1 atom stereocenters. The summed E-state index contributed by atoms with van der Waals surface area (Å²) < 4.78 is 10.7. The Morgan fingerprint density at radius 3 is 2.73 bits per heavy atom. The third-order valence-corrected chi connectivity index (χ3v) is 5.42. The number of ether oxygens (including phenoxy) is 2. The zero-order valence-corrected chi connectivity index (χ0v) is 20.5. The van der Waals surface area contributed by atoms with Gasteiger partial charge < -0.3 is 24.6 Å². The predicted octanol–water partition coefficient (Wildman–Crippen LogP) is 2.88. The van der Waals surface area contributed by atoms with E-state index in [9.17, 15) is 4.79 Å². The van der Waals surface area contributed by atoms with Gasteiger partial charge in [0.2, 0.25) is 0 Å². The number of hydrogen-bond donors (Lipinski definition) is 1. The summed E-state index contributed by atoms with van der Waals surface area (Å²) in [6.07, 6.45) is 1.85. The Bertz CT molecular complexity index is 695. The lowest BCUT2D eigenvalue weighted by atomic mass is 9.98. The lowest BCUT2D eigenvalue weighted by Gasteiger charge is -2.34. The molecule has 1 unspecified atom stereocenters. The Hall–Kier alpha value is -1.55. The third-order valence-electron chi connectivity index (χ3n) is 5.42. The summed E-state index contributed by atoms with van der Waals surface area (Å²) in [5.74, 6) is 0.706. The number of benzene rings is 1. The molecule has 2 aliphatic heterocycles. The molecule has 0 saturated carbocycles. The average Bonchev–Trinajstić information content (AvgIpc) is 2.78. The van der Waals surface area contributed by atoms with Crippen LogP contribution in [-0.2, 0) is 20.8 Å². The van der Waals surface area contributed by atoms with E-state index < -0.39 is 0 Å². The van der Waals surface area contributed by atoms with Gasteiger partial charge >= 0.3 is 5.97 Å². The largest absolute Gasteiger partial charge is 0.466 e. The first-order chi connectivity index (χ1) is 14.2. The molecule has 0 spiro atoms. The first kappa shape index (κ1) is 24.7. The first-order valence-corrected chi connectivity index (χ1v) is 10.8. The Labute approximate surface area is 197 Å². The number of rotatable bonds is 6. The van der Waals surface area contributed by atoms with Crippen LogP contribution < -0.4 is 10.2 Å². The summed E-state index contributed by atoms with van der Waals surface area (Å²) in [4.78, 5) is 21.7. The molecule has 2 aliphatic rings. The number of aliphatic imine (C=N–C) groups is 1. The fraction of sp³-hybridized carbons (Fsp3) is 0.636. The second kappa shape index (κ2) is 13.0. The molecule has 0 aromatic heterocycles. The van der Waals surface area contributed by atoms with Gasteiger partial charge in [-0.1, -0.05) is 18.2 Å². The van der Waals surface area contributed by atoms with Gasteiger partial charge in [-0.3, -0.25) is 4.79 Å². The summed E-state index contributed by atoms with van der Waals surface area (Å²) in [5, 5.41) is 3.40. The Balaban J connectivity index is 0.00000320. The second-order valence-corrected chi connectivity index (χ2v) is 7.44. The van der Waals surface area contributed by atoms with Crippen molar-refractivity contribution >= 4 is 41.6 Å². The molecule has 0 bridgehead atoms. The quantitative estimate of drug-likeness (QED) is 0.264. The van der Waals surface area contributed by atoms with Crippen molar-refractivity contribution in [3.05, 3.63) is 29.8 Å². The van der Waals surface area contributed by atoms with Gasteiger partial charge in [0.1, 0.15) is 0 Å². The van der Waals surface area contributed by atoms with Crippen LogP contribution >= 0.6 is 24.0 Å². The molecular weight excluding hydrogens is 495 g/mol. The van der Waals surface area contributed by atoms with Crippen LogP contribution in [0.3, 0.4) is 0 Å². The molecule has 1 N–H and O–H groups in total. The van der Waals surface area contributed by atoms with Crippen LogP contribution in [0.2, 0.25) is 0 Å². The molecule has 0 radical (unpaired) electrons. The molecule has 168 valence electrons. The third kappa shape index (κ3) is 6.73. The molecular formula is C22H35IN4O3. The van der Waals surface area contributed by atoms with Crippen molar-refractivity contribution in [3.8, 4) is 0 Å². The molecule has 3 rings (SSSR count). The van der Waals surface area contributed by atoms with Gasteiger partial charge in [-0.2, -0.15) is 0 Å². The van der Waals surface area contributed by atoms with Crippen LogP contribution in [0.4, 0.5) is 5.69 Å². The highest BCUT2D eigenvalue weighted by Gasteiger charge is 2.28. The van der Waals surface area contributed by atoms with E-state index in [1.807, 2.05) is 6.92 Å². The normalized spacial score (nSPS) is 19.8. The smallest absolute Gasteiger partial charge is 0.310 e. The van der Waals surface area contributed by atoms with Crippen LogP contribution in [0.5, 0.6) is 0 Å². The number of anilines is 1. The highest BCUT2D eigenvalue weighted by Crippen LogP contribution is 2.23. The van der Waals surface area contributed by atoms with Gasteiger partial charge in [0.05, 0.1) is 32.3 Å². The number of halogens is 1. The SMILES string of the molecule is CCNC(=NCc1ccccc1N1CCOCC1)N1CCCC(C(=O)OCC)C1.I. The number of nitrogens with one attached hydrogen (secondary N) is 1. The van der Waals surface area contributed by atoms with Gasteiger partial charge in [0.25, 0.3) is 0 Å². The van der Waals surface area contributed by atoms with Crippen molar-refractivity contribution in [1.29, 1.82) is 0 Å². The average molecular weight is 530 g/mol. The van der Waals surface area contributed by atoms with Crippen molar-refractivity contribution < 1.29 is 14.3 Å². The van der Waals surface area contributed by atoms with Crippen molar-refractivity contribution in [2.24, 2.45) is 10.9 Å². The first-order valence-electron chi connectivity index (χ1n) is 10.8. The minimum Gasteiger partial charge on any atom is -0.466 e. The number of hydrogen-bond acceptors (Lipinski definition) is 5. The highest BCUT2D eigenvalue weighted by molar-refractivity contribution is 14.0. The zero-order chi connectivity index (χ0) is 20.5. The van der Waals surface area contributed by atoms with Crippen molar-refractivity contribution in [2.75, 3.05) is 57.4 Å². The lowest BCUT2D eigenvalue weighted by molar-refractivity contribution is -0.149. The van der Waals surface area contributed by atoms with Crippen molar-refractivity contribution in [3.63, 3.8) is 0 Å². The number of carbonyl (C=O) groups is 1. The Kier molecular flexibility index (Phi) is 10.7. The maximum absolute atomic E-state index is 12.2. The molecule has 2 saturated heterocycles. The number of guanidine groups is 1. The van der Waals surface area contributed by atoms with E-state index in [2.05, 4.69) is 46.3 Å². The fourth-order valence-corrected chi connectivity index (χ4v) is 3.97. The number of piperidine rings is 1. The summed E-state index contributed by atoms with van der Waals surface area (Å²) in [7, 11) is 0. The van der Waals surface area contributed by atoms with Gasteiger partial charge in [-0.25, -0.2) is 4.99 Å². The monoisotopic (exact) mass is 530 g/mol. The van der Waals surface area contributed by atoms with Gasteiger partial charge in [0.15, 0.2) is 5.96 Å². The summed E-state index contributed by atoms with van der Waals surface area (Å²) in [6.45, 7) is 10.7. The predicted molar refractivity (Wildman–Crippen MR) is 131 cm³/mol. The molecule has 1 aromatic carbocycles. The van der Waals surface area contributed by atoms with E-state index >= 15 is 0 Å². The van der Waals surface area contributed by atoms with Crippen LogP contribution in [0.15, 0.2) is 29.3 Å². The number of morpholine rings is 1. The standard InChI is InChI=1S/C22H34N4O3.HI/c1-3-23-22(26-11-7-9-19(17-26)21(27)29-4-2)24-16-18-8-5-6-10-20(18)25-12-14-28-15-13-25;/h5-6,8,10,19H,3-4,7,9,11-17H2,1-2H3,(H,23,24);1H. The Morgan fingerprint density at radius 2 is 2.00 bits per heavy atom. The van der Waals surface area contributed by atoms with E-state index in [0.29, 0.717) is 19.7 Å². The van der Waals surface area contributed by atoms with E-state index in [-0.39, 0.29) is 35.9 Å². The van der Waals surface area contributed by atoms with Crippen LogP contribution in [0, 0.1) is 5.92 Å². The summed E-state index contributed by atoms with van der Waals surface area (Å²) in [5.41, 5.74) is 2.45. The second-order valence-electron chi connectivity index (χ2n) is 7.44. The maximum Gasteiger partial charge on any atom is 0.310 e. The minimum atomic E-state index is -0.0919. The van der Waals surface area contributed by atoms with E-state index in [1.54, 1.807) is 0 Å². The lowest BCUT2D eigenvalue weighted by Crippen LogP contribution is -2.48. The molecule has 8 heteroatoms. The molecule has 7 nitrogen and oxygen atoms in total. The van der Waals surface area contributed by atoms with Crippen LogP contribution in [-0.4, -0.2) is 69.4 Å². The fourth-order valence-electron chi connectivity index (χ4n) is 3.97. The molecule has 2 fully saturated rings. The minimum absolute atomic E-state index is 0. The Morgan fingerprint density at radius 1 is 1.23 bits per heavy atom. The number of esters is 1. The molecule has 30 heavy (non-hydrogen) atoms. The van der Waals surface area contributed by atoms with Crippen molar-refractivity contribution in [1.82, 2.24) is 10.2 Å². The number of likely N-dealkylation sites (tertiary alicyclic amines) is 1. The number of nitrogens with zero attached hydrogens (tertiary/aromatic N) is 3. The van der Waals surface area contributed by atoms with Gasteiger partial charge in [-0.15, -0.1) is 24.0 Å². The van der Waals surface area contributed by atoms with Gasteiger partial charge in [-0.05, 0) is 38.3 Å². The van der Waals surface area contributed by atoms with E-state index in [1.165, 1.54) is 11.3 Å². The summed E-state index contributed by atoms with van der Waals surface area (Å²) >= 11 is 0. The molecule has 1 aromatic rings. The topological polar surface area (TPSA) is 66.4 Å². The molecule has 0 amide bonds. The van der Waals surface area contributed by atoms with Crippen molar-refractivity contribution in [2.45, 2.75) is 33.2 Å². The maximum atomic E-state index is 12.2. The number of carbonyl (C=O) groups excluding carboxylic acids is 1. The van der Waals surface area contributed by atoms with E-state index in [0.717, 1.165) is 58.2 Å². The van der Waals surface area contributed by atoms with Crippen LogP contribution in [0.1, 0.15) is 32.3 Å².